The van der Waals surface area contributed by atoms with Crippen LogP contribution in [-0.2, 0) is 15.3 Å². The van der Waals surface area contributed by atoms with Crippen molar-refractivity contribution in [2.24, 2.45) is 0 Å². The predicted octanol–water partition coefficient (Wildman–Crippen LogP) is 3.28. The highest BCUT2D eigenvalue weighted by Gasteiger charge is 2.46. The molecule has 1 heterocycles. The fourth-order valence-corrected chi connectivity index (χ4v) is 3.01. The van der Waals surface area contributed by atoms with Gasteiger partial charge in [-0.05, 0) is 59.7 Å². The largest absolute Gasteiger partial charge is 0.497 e. The molecule has 0 saturated carbocycles. The molecule has 20 heavy (non-hydrogen) atoms. The number of benzene rings is 1. The smallest absolute Gasteiger partial charge is 0.338 e. The maximum absolute atomic E-state index is 11.9. The zero-order chi connectivity index (χ0) is 14.8. The summed E-state index contributed by atoms with van der Waals surface area (Å²) in [6, 6.07) is 6.87. The Morgan fingerprint density at radius 1 is 1.35 bits per heavy atom. The molecule has 1 aliphatic rings. The van der Waals surface area contributed by atoms with Crippen LogP contribution in [0.15, 0.2) is 33.4 Å². The zero-order valence-electron chi connectivity index (χ0n) is 11.5. The number of unbranched alkanes of at least 4 members (excludes halogenated alkanes) is 1. The third-order valence-electron chi connectivity index (χ3n) is 3.31. The summed E-state index contributed by atoms with van der Waals surface area (Å²) in [7, 11) is 1.58. The molecule has 0 saturated heterocycles. The highest BCUT2D eigenvalue weighted by molar-refractivity contribution is 14.1. The minimum atomic E-state index is -1.66. The van der Waals surface area contributed by atoms with E-state index in [9.17, 15) is 9.90 Å². The molecule has 1 aromatic rings. The number of carbonyl (C=O) groups excluding carboxylic acids is 1. The molecule has 0 radical (unpaired) electrons. The highest BCUT2D eigenvalue weighted by Crippen LogP contribution is 2.44. The van der Waals surface area contributed by atoms with Gasteiger partial charge in [0.1, 0.15) is 5.75 Å². The Balaban J connectivity index is 2.34. The summed E-state index contributed by atoms with van der Waals surface area (Å²) in [5.41, 5.74) is 1.10. The molecule has 1 unspecified atom stereocenters. The van der Waals surface area contributed by atoms with E-state index >= 15 is 0 Å². The van der Waals surface area contributed by atoms with Crippen molar-refractivity contribution in [1.82, 2.24) is 0 Å². The van der Waals surface area contributed by atoms with E-state index in [1.165, 1.54) is 0 Å². The molecule has 0 aliphatic carbocycles. The van der Waals surface area contributed by atoms with Gasteiger partial charge in [0.25, 0.3) is 5.79 Å². The van der Waals surface area contributed by atoms with E-state index in [-0.39, 0.29) is 0 Å². The number of esters is 1. The minimum Gasteiger partial charge on any atom is -0.497 e. The summed E-state index contributed by atoms with van der Waals surface area (Å²) >= 11 is 2.00. The van der Waals surface area contributed by atoms with Crippen LogP contribution in [0.3, 0.4) is 0 Å². The lowest BCUT2D eigenvalue weighted by molar-refractivity contribution is -0.182. The van der Waals surface area contributed by atoms with E-state index in [0.717, 1.165) is 12.8 Å². The highest BCUT2D eigenvalue weighted by atomic mass is 127. The van der Waals surface area contributed by atoms with Crippen molar-refractivity contribution in [2.75, 3.05) is 7.11 Å². The van der Waals surface area contributed by atoms with Gasteiger partial charge < -0.3 is 14.6 Å². The summed E-state index contributed by atoms with van der Waals surface area (Å²) in [6.45, 7) is 2.06. The van der Waals surface area contributed by atoms with Gasteiger partial charge in [-0.15, -0.1) is 0 Å². The normalized spacial score (nSPS) is 22.1. The first-order valence-corrected chi connectivity index (χ1v) is 7.60. The second kappa shape index (κ2) is 6.13. The predicted molar refractivity (Wildman–Crippen MR) is 83.6 cm³/mol. The van der Waals surface area contributed by atoms with Gasteiger partial charge in [0.05, 0.1) is 16.3 Å². The number of cyclic esters (lactones) is 1. The van der Waals surface area contributed by atoms with E-state index in [0.29, 0.717) is 26.9 Å². The molecular formula is C15H17IO4. The van der Waals surface area contributed by atoms with Crippen LogP contribution in [0.2, 0.25) is 0 Å². The number of methoxy groups -OCH3 is 1. The van der Waals surface area contributed by atoms with E-state index < -0.39 is 11.8 Å². The molecule has 1 aromatic carbocycles. The van der Waals surface area contributed by atoms with Crippen LogP contribution < -0.4 is 4.74 Å². The fourth-order valence-electron chi connectivity index (χ4n) is 2.10. The second-order valence-electron chi connectivity index (χ2n) is 4.66. The summed E-state index contributed by atoms with van der Waals surface area (Å²) in [4.78, 5) is 11.9. The van der Waals surface area contributed by atoms with Gasteiger partial charge in [0, 0.05) is 5.56 Å². The van der Waals surface area contributed by atoms with Crippen LogP contribution in [0.4, 0.5) is 0 Å². The van der Waals surface area contributed by atoms with Crippen LogP contribution in [0.1, 0.15) is 31.7 Å². The molecule has 108 valence electrons. The lowest BCUT2D eigenvalue weighted by Gasteiger charge is -2.22. The van der Waals surface area contributed by atoms with Crippen LogP contribution in [0.25, 0.3) is 0 Å². The summed E-state index contributed by atoms with van der Waals surface area (Å²) in [5, 5.41) is 10.7. The molecule has 0 bridgehead atoms. The molecule has 1 atom stereocenters. The number of hydrogen-bond acceptors (Lipinski definition) is 4. The molecule has 4 nitrogen and oxygen atoms in total. The van der Waals surface area contributed by atoms with Crippen LogP contribution in [-0.4, -0.2) is 18.2 Å². The number of hydrogen-bond donors (Lipinski definition) is 1. The summed E-state index contributed by atoms with van der Waals surface area (Å²) < 4.78 is 10.9. The van der Waals surface area contributed by atoms with Crippen molar-refractivity contribution >= 4 is 28.6 Å². The summed E-state index contributed by atoms with van der Waals surface area (Å²) in [6.07, 6.45) is 2.52. The number of rotatable bonds is 5. The molecule has 0 aromatic heterocycles. The van der Waals surface area contributed by atoms with E-state index in [1.807, 2.05) is 22.6 Å². The third kappa shape index (κ3) is 2.69. The second-order valence-corrected chi connectivity index (χ2v) is 5.74. The molecule has 2 rings (SSSR count). The molecule has 5 heteroatoms. The Morgan fingerprint density at radius 3 is 2.55 bits per heavy atom. The van der Waals surface area contributed by atoms with Crippen molar-refractivity contribution in [3.05, 3.63) is 39.0 Å². The van der Waals surface area contributed by atoms with Crippen molar-refractivity contribution in [3.63, 3.8) is 0 Å². The molecule has 0 spiro atoms. The summed E-state index contributed by atoms with van der Waals surface area (Å²) in [5.74, 6) is -1.40. The van der Waals surface area contributed by atoms with Crippen molar-refractivity contribution in [3.8, 4) is 5.75 Å². The van der Waals surface area contributed by atoms with Gasteiger partial charge in [-0.2, -0.15) is 0 Å². The number of aliphatic hydroxyl groups is 1. The number of halogens is 1. The van der Waals surface area contributed by atoms with E-state index in [4.69, 9.17) is 9.47 Å². The van der Waals surface area contributed by atoms with E-state index in [1.54, 1.807) is 31.4 Å². The Bertz CT molecular complexity index is 535. The lowest BCUT2D eigenvalue weighted by Crippen LogP contribution is -2.26. The van der Waals surface area contributed by atoms with Gasteiger partial charge in [0.2, 0.25) is 0 Å². The van der Waals surface area contributed by atoms with Gasteiger partial charge in [-0.1, -0.05) is 13.3 Å². The fraction of sp³-hybridized carbons (Fsp3) is 0.400. The van der Waals surface area contributed by atoms with E-state index in [2.05, 4.69) is 6.92 Å². The first-order valence-electron chi connectivity index (χ1n) is 6.52. The molecule has 1 N–H and O–H groups in total. The van der Waals surface area contributed by atoms with Gasteiger partial charge >= 0.3 is 5.97 Å². The zero-order valence-corrected chi connectivity index (χ0v) is 13.6. The molecule has 1 aliphatic heterocycles. The monoisotopic (exact) mass is 388 g/mol. The number of ether oxygens (including phenoxy) is 2. The standard InChI is InChI=1S/C15H17IO4/c1-3-4-5-12-13(16)15(18,20-14(12)17)10-6-8-11(19-2)9-7-10/h6-9,18H,3-5H2,1-2H3. The van der Waals surface area contributed by atoms with Crippen molar-refractivity contribution < 1.29 is 19.4 Å². The van der Waals surface area contributed by atoms with Crippen molar-refractivity contribution in [1.29, 1.82) is 0 Å². The molecule has 0 amide bonds. The number of carbonyl (C=O) groups is 1. The lowest BCUT2D eigenvalue weighted by atomic mass is 10.0. The quantitative estimate of drug-likeness (QED) is 0.622. The minimum absolute atomic E-state index is 0.429. The molecule has 0 fully saturated rings. The maximum atomic E-state index is 11.9. The van der Waals surface area contributed by atoms with Gasteiger partial charge in [-0.25, -0.2) is 4.79 Å². The van der Waals surface area contributed by atoms with Crippen LogP contribution in [0, 0.1) is 0 Å². The van der Waals surface area contributed by atoms with Gasteiger partial charge in [-0.3, -0.25) is 0 Å². The van der Waals surface area contributed by atoms with Crippen LogP contribution in [0.5, 0.6) is 5.75 Å². The third-order valence-corrected chi connectivity index (χ3v) is 4.69. The van der Waals surface area contributed by atoms with Crippen molar-refractivity contribution in [2.45, 2.75) is 32.0 Å². The SMILES string of the molecule is CCCCC1=C(I)C(O)(c2ccc(OC)cc2)OC1=O. The molecular weight excluding hydrogens is 371 g/mol. The Morgan fingerprint density at radius 2 is 2.00 bits per heavy atom. The Labute approximate surface area is 131 Å². The first kappa shape index (κ1) is 15.3. The first-order chi connectivity index (χ1) is 9.52. The van der Waals surface area contributed by atoms with Gasteiger partial charge in [0.15, 0.2) is 0 Å². The Hall–Kier alpha value is -1.08. The topological polar surface area (TPSA) is 55.8 Å². The average molecular weight is 388 g/mol. The maximum Gasteiger partial charge on any atom is 0.338 e. The Kier molecular flexibility index (Phi) is 4.70. The average Bonchev–Trinajstić information content (AvgIpc) is 2.68. The van der Waals surface area contributed by atoms with Crippen LogP contribution >= 0.6 is 22.6 Å².